The molecule has 0 spiro atoms. The van der Waals surface area contributed by atoms with Crippen molar-refractivity contribution in [2.75, 3.05) is 33.4 Å². The predicted molar refractivity (Wildman–Crippen MR) is 75.2 cm³/mol. The molecule has 1 saturated heterocycles. The van der Waals surface area contributed by atoms with E-state index in [9.17, 15) is 14.9 Å². The lowest BCUT2D eigenvalue weighted by molar-refractivity contribution is -0.160. The molecular weight excluding hydrogens is 274 g/mol. The average molecular weight is 297 g/mol. The molecule has 7 heteroatoms. The molecule has 0 radical (unpaired) electrons. The lowest BCUT2D eigenvalue weighted by Crippen LogP contribution is -2.54. The highest BCUT2D eigenvalue weighted by molar-refractivity contribution is 5.79. The van der Waals surface area contributed by atoms with Gasteiger partial charge in [0, 0.05) is 13.1 Å². The Hall–Kier alpha value is -1.65. The van der Waals surface area contributed by atoms with Crippen LogP contribution in [0.5, 0.6) is 0 Å². The minimum atomic E-state index is -0.898. The van der Waals surface area contributed by atoms with Gasteiger partial charge in [-0.2, -0.15) is 5.26 Å². The molecule has 2 atom stereocenters. The van der Waals surface area contributed by atoms with Gasteiger partial charge >= 0.3 is 5.97 Å². The number of hydrogen-bond acceptors (Lipinski definition) is 6. The molecule has 0 aliphatic carbocycles. The average Bonchev–Trinajstić information content (AvgIpc) is 2.46. The van der Waals surface area contributed by atoms with Crippen LogP contribution >= 0.6 is 0 Å². The molecule has 1 N–H and O–H groups in total. The van der Waals surface area contributed by atoms with Crippen molar-refractivity contribution in [3.8, 4) is 6.07 Å². The number of carbonyl (C=O) groups excluding carboxylic acids is 2. The minimum Gasteiger partial charge on any atom is -0.467 e. The number of nitrogens with one attached hydrogen (secondary N) is 1. The van der Waals surface area contributed by atoms with E-state index < -0.39 is 17.6 Å². The number of morpholine rings is 1. The normalized spacial score (nSPS) is 22.2. The second-order valence-electron chi connectivity index (χ2n) is 5.63. The maximum absolute atomic E-state index is 12.1. The molecule has 0 bridgehead atoms. The van der Waals surface area contributed by atoms with E-state index in [2.05, 4.69) is 16.1 Å². The Morgan fingerprint density at radius 3 is 2.76 bits per heavy atom. The number of rotatable bonds is 5. The molecule has 0 aromatic carbocycles. The predicted octanol–water partition coefficient (Wildman–Crippen LogP) is -0.0853. The maximum atomic E-state index is 12.1. The van der Waals surface area contributed by atoms with Gasteiger partial charge < -0.3 is 14.8 Å². The van der Waals surface area contributed by atoms with Crippen molar-refractivity contribution >= 4 is 11.9 Å². The van der Waals surface area contributed by atoms with Crippen molar-refractivity contribution in [3.05, 3.63) is 0 Å². The standard InChI is InChI=1S/C14H23N3O4/c1-10(2)14(3,9-15)16-12(18)8-17-5-6-21-11(7-17)13(19)20-4/h10-11H,5-8H2,1-4H3,(H,16,18). The zero-order valence-electron chi connectivity index (χ0n) is 13.0. The largest absolute Gasteiger partial charge is 0.467 e. The number of amides is 1. The third kappa shape index (κ3) is 4.69. The fraction of sp³-hybridized carbons (Fsp3) is 0.786. The van der Waals surface area contributed by atoms with Crippen molar-refractivity contribution < 1.29 is 19.1 Å². The molecule has 1 heterocycles. The monoisotopic (exact) mass is 297 g/mol. The van der Waals surface area contributed by atoms with Gasteiger partial charge in [0.25, 0.3) is 0 Å². The summed E-state index contributed by atoms with van der Waals surface area (Å²) in [6, 6.07) is 2.13. The second-order valence-corrected chi connectivity index (χ2v) is 5.63. The Bertz CT molecular complexity index is 432. The minimum absolute atomic E-state index is 0.000966. The molecule has 1 aliphatic rings. The molecule has 1 aliphatic heterocycles. The van der Waals surface area contributed by atoms with Crippen LogP contribution in [0.15, 0.2) is 0 Å². The summed E-state index contributed by atoms with van der Waals surface area (Å²) in [5.41, 5.74) is -0.898. The van der Waals surface area contributed by atoms with Crippen LogP contribution in [0.1, 0.15) is 20.8 Å². The van der Waals surface area contributed by atoms with Gasteiger partial charge in [-0.15, -0.1) is 0 Å². The summed E-state index contributed by atoms with van der Waals surface area (Å²) < 4.78 is 9.94. The number of nitrogens with zero attached hydrogens (tertiary/aromatic N) is 2. The third-order valence-corrected chi connectivity index (χ3v) is 3.77. The number of ether oxygens (including phenoxy) is 2. The van der Waals surface area contributed by atoms with E-state index in [0.717, 1.165) is 0 Å². The van der Waals surface area contributed by atoms with Gasteiger partial charge in [0.1, 0.15) is 5.54 Å². The van der Waals surface area contributed by atoms with Crippen LogP contribution in [0.2, 0.25) is 0 Å². The van der Waals surface area contributed by atoms with Crippen LogP contribution in [0.3, 0.4) is 0 Å². The number of hydrogen-bond donors (Lipinski definition) is 1. The summed E-state index contributed by atoms with van der Waals surface area (Å²) in [5, 5.41) is 11.9. The fourth-order valence-corrected chi connectivity index (χ4v) is 1.95. The SMILES string of the molecule is COC(=O)C1CN(CC(=O)NC(C)(C#N)C(C)C)CCO1. The summed E-state index contributed by atoms with van der Waals surface area (Å²) in [5.74, 6) is -0.679. The first kappa shape index (κ1) is 17.4. The molecule has 21 heavy (non-hydrogen) atoms. The summed E-state index contributed by atoms with van der Waals surface area (Å²) in [4.78, 5) is 25.3. The van der Waals surface area contributed by atoms with Gasteiger partial charge in [0.15, 0.2) is 6.10 Å². The Morgan fingerprint density at radius 1 is 1.57 bits per heavy atom. The van der Waals surface area contributed by atoms with Gasteiger partial charge in [0.05, 0.1) is 26.3 Å². The lowest BCUT2D eigenvalue weighted by atomic mass is 9.90. The Balaban J connectivity index is 2.55. The van der Waals surface area contributed by atoms with Crippen molar-refractivity contribution in [1.29, 1.82) is 5.26 Å². The zero-order chi connectivity index (χ0) is 16.0. The zero-order valence-corrected chi connectivity index (χ0v) is 13.0. The van der Waals surface area contributed by atoms with Gasteiger partial charge in [-0.1, -0.05) is 13.8 Å². The van der Waals surface area contributed by atoms with Gasteiger partial charge in [-0.3, -0.25) is 9.69 Å². The number of carbonyl (C=O) groups is 2. The van der Waals surface area contributed by atoms with Crippen molar-refractivity contribution in [2.24, 2.45) is 5.92 Å². The fourth-order valence-electron chi connectivity index (χ4n) is 1.95. The van der Waals surface area contributed by atoms with Crippen LogP contribution in [-0.2, 0) is 19.1 Å². The molecule has 1 rings (SSSR count). The Labute approximate surface area is 125 Å². The van der Waals surface area contributed by atoms with Crippen LogP contribution < -0.4 is 5.32 Å². The summed E-state index contributed by atoms with van der Waals surface area (Å²) in [6.45, 7) is 6.83. The number of esters is 1. The highest BCUT2D eigenvalue weighted by Crippen LogP contribution is 2.15. The van der Waals surface area contributed by atoms with E-state index in [0.29, 0.717) is 19.7 Å². The lowest BCUT2D eigenvalue weighted by Gasteiger charge is -2.32. The van der Waals surface area contributed by atoms with E-state index in [1.165, 1.54) is 7.11 Å². The van der Waals surface area contributed by atoms with Crippen molar-refractivity contribution in [2.45, 2.75) is 32.4 Å². The van der Waals surface area contributed by atoms with E-state index in [1.54, 1.807) is 6.92 Å². The Kier molecular flexibility index (Phi) is 6.12. The summed E-state index contributed by atoms with van der Waals surface area (Å²) >= 11 is 0. The maximum Gasteiger partial charge on any atom is 0.336 e. The number of nitriles is 1. The number of methoxy groups -OCH3 is 1. The van der Waals surface area contributed by atoms with E-state index in [-0.39, 0.29) is 18.4 Å². The first-order valence-electron chi connectivity index (χ1n) is 6.96. The molecule has 1 fully saturated rings. The molecule has 7 nitrogen and oxygen atoms in total. The molecular formula is C14H23N3O4. The quantitative estimate of drug-likeness (QED) is 0.713. The molecule has 118 valence electrons. The first-order valence-corrected chi connectivity index (χ1v) is 6.96. The van der Waals surface area contributed by atoms with Crippen LogP contribution in [0.4, 0.5) is 0 Å². The van der Waals surface area contributed by atoms with Gasteiger partial charge in [-0.05, 0) is 12.8 Å². The highest BCUT2D eigenvalue weighted by atomic mass is 16.6. The second kappa shape index (κ2) is 7.38. The van der Waals surface area contributed by atoms with E-state index >= 15 is 0 Å². The van der Waals surface area contributed by atoms with Crippen molar-refractivity contribution in [1.82, 2.24) is 10.2 Å². The van der Waals surface area contributed by atoms with Crippen LogP contribution in [0, 0.1) is 17.2 Å². The molecule has 0 saturated carbocycles. The molecule has 2 unspecified atom stereocenters. The van der Waals surface area contributed by atoms with Gasteiger partial charge in [-0.25, -0.2) is 4.79 Å². The summed E-state index contributed by atoms with van der Waals surface area (Å²) in [6.07, 6.45) is -0.663. The third-order valence-electron chi connectivity index (χ3n) is 3.77. The smallest absolute Gasteiger partial charge is 0.336 e. The molecule has 1 amide bonds. The summed E-state index contributed by atoms with van der Waals surface area (Å²) in [7, 11) is 1.30. The van der Waals surface area contributed by atoms with Crippen molar-refractivity contribution in [3.63, 3.8) is 0 Å². The van der Waals surface area contributed by atoms with Crippen LogP contribution in [-0.4, -0.2) is 61.8 Å². The van der Waals surface area contributed by atoms with E-state index in [1.807, 2.05) is 18.7 Å². The van der Waals surface area contributed by atoms with Crippen LogP contribution in [0.25, 0.3) is 0 Å². The topological polar surface area (TPSA) is 91.7 Å². The highest BCUT2D eigenvalue weighted by Gasteiger charge is 2.32. The van der Waals surface area contributed by atoms with Gasteiger partial charge in [0.2, 0.25) is 5.91 Å². The first-order chi connectivity index (χ1) is 9.82. The Morgan fingerprint density at radius 2 is 2.24 bits per heavy atom. The van der Waals surface area contributed by atoms with E-state index in [4.69, 9.17) is 4.74 Å². The molecule has 0 aromatic heterocycles. The molecule has 0 aromatic rings.